The molecule has 0 amide bonds. The molecule has 0 aliphatic carbocycles. The van der Waals surface area contributed by atoms with Crippen LogP contribution in [0.15, 0.2) is 22.8 Å². The van der Waals surface area contributed by atoms with Gasteiger partial charge in [-0.25, -0.2) is 9.61 Å². The standard InChI is InChI=1S/C17H19N5O2/c1-10-14-7-13(23-17(14)19-11(2)18-10)9-22(3)8-12-4-5-15-16(6-12)21-24-20-15/h4-6,13H,7-9H2,1-3H3/t13-/m0/s1. The molecule has 1 aliphatic rings. The lowest BCUT2D eigenvalue weighted by molar-refractivity contribution is 0.160. The molecule has 7 heteroatoms. The Bertz CT molecular complexity index is 892. The lowest BCUT2D eigenvalue weighted by Crippen LogP contribution is -2.31. The summed E-state index contributed by atoms with van der Waals surface area (Å²) in [7, 11) is 2.08. The van der Waals surface area contributed by atoms with E-state index in [-0.39, 0.29) is 6.10 Å². The molecule has 0 saturated heterocycles. The molecule has 0 radical (unpaired) electrons. The molecular formula is C17H19N5O2. The fraction of sp³-hybridized carbons (Fsp3) is 0.412. The fourth-order valence-electron chi connectivity index (χ4n) is 3.22. The van der Waals surface area contributed by atoms with Crippen LogP contribution in [0.1, 0.15) is 22.6 Å². The van der Waals surface area contributed by atoms with E-state index < -0.39 is 0 Å². The van der Waals surface area contributed by atoms with E-state index in [4.69, 9.17) is 9.37 Å². The van der Waals surface area contributed by atoms with Crippen molar-refractivity contribution in [2.24, 2.45) is 0 Å². The highest BCUT2D eigenvalue weighted by molar-refractivity contribution is 5.73. The number of hydrogen-bond acceptors (Lipinski definition) is 7. The molecule has 0 unspecified atom stereocenters. The van der Waals surface area contributed by atoms with Crippen molar-refractivity contribution in [2.75, 3.05) is 13.6 Å². The molecule has 124 valence electrons. The number of nitrogens with zero attached hydrogens (tertiary/aromatic N) is 5. The third-order valence-corrected chi connectivity index (χ3v) is 4.28. The Morgan fingerprint density at radius 2 is 2.00 bits per heavy atom. The van der Waals surface area contributed by atoms with Crippen molar-refractivity contribution in [3.05, 3.63) is 40.8 Å². The molecule has 24 heavy (non-hydrogen) atoms. The van der Waals surface area contributed by atoms with Crippen molar-refractivity contribution in [3.63, 3.8) is 0 Å². The van der Waals surface area contributed by atoms with E-state index in [1.54, 1.807) is 0 Å². The number of aromatic nitrogens is 4. The van der Waals surface area contributed by atoms with Gasteiger partial charge in [-0.1, -0.05) is 6.07 Å². The zero-order valence-corrected chi connectivity index (χ0v) is 14.0. The van der Waals surface area contributed by atoms with E-state index in [0.717, 1.165) is 53.5 Å². The minimum Gasteiger partial charge on any atom is -0.472 e. The van der Waals surface area contributed by atoms with Gasteiger partial charge in [0.05, 0.1) is 0 Å². The number of ether oxygens (including phenoxy) is 1. The second-order valence-electron chi connectivity index (χ2n) is 6.37. The van der Waals surface area contributed by atoms with Gasteiger partial charge in [-0.2, -0.15) is 4.98 Å². The van der Waals surface area contributed by atoms with E-state index in [2.05, 4.69) is 32.2 Å². The molecule has 0 fully saturated rings. The molecule has 3 heterocycles. The lowest BCUT2D eigenvalue weighted by atomic mass is 10.1. The summed E-state index contributed by atoms with van der Waals surface area (Å²) in [4.78, 5) is 11.1. The molecule has 0 saturated carbocycles. The highest BCUT2D eigenvalue weighted by Gasteiger charge is 2.27. The second kappa shape index (κ2) is 5.83. The SMILES string of the molecule is Cc1nc(C)c2c(n1)O[C@H](CN(C)Cc1ccc3nonc3c1)C2. The Balaban J connectivity index is 1.41. The van der Waals surface area contributed by atoms with Crippen molar-refractivity contribution in [1.82, 2.24) is 25.2 Å². The molecule has 0 spiro atoms. The summed E-state index contributed by atoms with van der Waals surface area (Å²) in [6.45, 7) is 5.54. The second-order valence-corrected chi connectivity index (χ2v) is 6.37. The van der Waals surface area contributed by atoms with E-state index in [9.17, 15) is 0 Å². The quantitative estimate of drug-likeness (QED) is 0.726. The Labute approximate surface area is 139 Å². The van der Waals surface area contributed by atoms with Gasteiger partial charge in [-0.15, -0.1) is 0 Å². The Morgan fingerprint density at radius 1 is 1.17 bits per heavy atom. The highest BCUT2D eigenvalue weighted by Crippen LogP contribution is 2.29. The number of benzene rings is 1. The fourth-order valence-corrected chi connectivity index (χ4v) is 3.22. The maximum Gasteiger partial charge on any atom is 0.220 e. The molecule has 7 nitrogen and oxygen atoms in total. The van der Waals surface area contributed by atoms with Crippen molar-refractivity contribution in [2.45, 2.75) is 32.9 Å². The van der Waals surface area contributed by atoms with Gasteiger partial charge in [-0.3, -0.25) is 4.90 Å². The van der Waals surface area contributed by atoms with Gasteiger partial charge in [0.25, 0.3) is 0 Å². The van der Waals surface area contributed by atoms with Crippen molar-refractivity contribution in [1.29, 1.82) is 0 Å². The van der Waals surface area contributed by atoms with Gasteiger partial charge in [0.15, 0.2) is 0 Å². The van der Waals surface area contributed by atoms with Crippen molar-refractivity contribution >= 4 is 11.0 Å². The first-order valence-electron chi connectivity index (χ1n) is 7.99. The molecular weight excluding hydrogens is 306 g/mol. The Morgan fingerprint density at radius 3 is 2.88 bits per heavy atom. The lowest BCUT2D eigenvalue weighted by Gasteiger charge is -2.20. The average Bonchev–Trinajstić information content (AvgIpc) is 3.12. The van der Waals surface area contributed by atoms with Crippen LogP contribution in [0, 0.1) is 13.8 Å². The summed E-state index contributed by atoms with van der Waals surface area (Å²) in [5, 5.41) is 7.72. The molecule has 3 aromatic rings. The van der Waals surface area contributed by atoms with Gasteiger partial charge < -0.3 is 4.74 Å². The van der Waals surface area contributed by atoms with E-state index >= 15 is 0 Å². The van der Waals surface area contributed by atoms with Crippen molar-refractivity contribution < 1.29 is 9.37 Å². The van der Waals surface area contributed by atoms with Crippen LogP contribution >= 0.6 is 0 Å². The zero-order chi connectivity index (χ0) is 16.7. The maximum atomic E-state index is 6.00. The summed E-state index contributed by atoms with van der Waals surface area (Å²) in [6.07, 6.45) is 0.968. The summed E-state index contributed by atoms with van der Waals surface area (Å²) in [5.41, 5.74) is 4.89. The summed E-state index contributed by atoms with van der Waals surface area (Å²) >= 11 is 0. The topological polar surface area (TPSA) is 77.2 Å². The number of likely N-dealkylation sites (N-methyl/N-ethyl adjacent to an activating group) is 1. The molecule has 2 aromatic heterocycles. The monoisotopic (exact) mass is 325 g/mol. The van der Waals surface area contributed by atoms with Crippen LogP contribution in [-0.4, -0.2) is 44.9 Å². The first-order valence-corrected chi connectivity index (χ1v) is 7.99. The summed E-state index contributed by atoms with van der Waals surface area (Å²) < 4.78 is 10.7. The van der Waals surface area contributed by atoms with Crippen LogP contribution in [0.25, 0.3) is 11.0 Å². The molecule has 1 aliphatic heterocycles. The first kappa shape index (κ1) is 15.0. The average molecular weight is 325 g/mol. The number of hydrogen-bond donors (Lipinski definition) is 0. The maximum absolute atomic E-state index is 6.00. The largest absolute Gasteiger partial charge is 0.472 e. The molecule has 0 N–H and O–H groups in total. The van der Waals surface area contributed by atoms with Gasteiger partial charge in [0.1, 0.15) is 23.0 Å². The molecule has 1 atom stereocenters. The minimum atomic E-state index is 0.109. The predicted molar refractivity (Wildman–Crippen MR) is 87.8 cm³/mol. The smallest absolute Gasteiger partial charge is 0.220 e. The Hall–Kier alpha value is -2.54. The van der Waals surface area contributed by atoms with Crippen LogP contribution in [-0.2, 0) is 13.0 Å². The van der Waals surface area contributed by atoms with Gasteiger partial charge >= 0.3 is 0 Å². The third kappa shape index (κ3) is 2.82. The van der Waals surface area contributed by atoms with Crippen LogP contribution in [0.2, 0.25) is 0 Å². The summed E-state index contributed by atoms with van der Waals surface area (Å²) in [5.74, 6) is 1.50. The molecule has 4 rings (SSSR count). The zero-order valence-electron chi connectivity index (χ0n) is 14.0. The number of rotatable bonds is 4. The normalized spacial score (nSPS) is 16.6. The van der Waals surface area contributed by atoms with E-state index in [1.807, 2.05) is 32.0 Å². The van der Waals surface area contributed by atoms with Crippen LogP contribution in [0.3, 0.4) is 0 Å². The third-order valence-electron chi connectivity index (χ3n) is 4.28. The Kier molecular flexibility index (Phi) is 3.65. The van der Waals surface area contributed by atoms with E-state index in [0.29, 0.717) is 0 Å². The summed E-state index contributed by atoms with van der Waals surface area (Å²) in [6, 6.07) is 5.98. The van der Waals surface area contributed by atoms with Crippen LogP contribution in [0.5, 0.6) is 5.88 Å². The number of fused-ring (bicyclic) bond motifs is 2. The van der Waals surface area contributed by atoms with Crippen LogP contribution in [0.4, 0.5) is 0 Å². The van der Waals surface area contributed by atoms with Gasteiger partial charge in [0, 0.05) is 30.8 Å². The van der Waals surface area contributed by atoms with Crippen molar-refractivity contribution in [3.8, 4) is 5.88 Å². The first-order chi connectivity index (χ1) is 11.6. The molecule has 1 aromatic carbocycles. The minimum absolute atomic E-state index is 0.109. The molecule has 0 bridgehead atoms. The predicted octanol–water partition coefficient (Wildman–Crippen LogP) is 2.07. The van der Waals surface area contributed by atoms with E-state index in [1.165, 1.54) is 5.56 Å². The van der Waals surface area contributed by atoms with Gasteiger partial charge in [-0.05, 0) is 48.9 Å². The van der Waals surface area contributed by atoms with Gasteiger partial charge in [0.2, 0.25) is 5.88 Å². The van der Waals surface area contributed by atoms with Crippen LogP contribution < -0.4 is 4.74 Å². The number of aryl methyl sites for hydroxylation is 2. The highest BCUT2D eigenvalue weighted by atomic mass is 16.6.